The summed E-state index contributed by atoms with van der Waals surface area (Å²) >= 11 is 3.38. The zero-order chi connectivity index (χ0) is 11.7. The van der Waals surface area contributed by atoms with Crippen LogP contribution in [0.4, 0.5) is 4.39 Å². The molecule has 0 spiro atoms. The average molecular weight is 290 g/mol. The van der Waals surface area contributed by atoms with Crippen LogP contribution in [0.25, 0.3) is 0 Å². The van der Waals surface area contributed by atoms with Gasteiger partial charge in [-0.2, -0.15) is 5.10 Å². The van der Waals surface area contributed by atoms with Crippen molar-refractivity contribution in [3.8, 4) is 0 Å². The van der Waals surface area contributed by atoms with E-state index >= 15 is 0 Å². The number of rotatable bonds is 3. The summed E-state index contributed by atoms with van der Waals surface area (Å²) in [4.78, 5) is 0. The summed E-state index contributed by atoms with van der Waals surface area (Å²) in [6, 6.07) is 0.117. The van der Waals surface area contributed by atoms with Gasteiger partial charge in [-0.3, -0.25) is 4.68 Å². The Labute approximate surface area is 104 Å². The van der Waals surface area contributed by atoms with Gasteiger partial charge in [-0.1, -0.05) is 0 Å². The van der Waals surface area contributed by atoms with E-state index in [1.807, 2.05) is 13.8 Å². The van der Waals surface area contributed by atoms with Crippen LogP contribution in [-0.4, -0.2) is 22.4 Å². The maximum atomic E-state index is 14.4. The fourth-order valence-electron chi connectivity index (χ4n) is 2.17. The van der Waals surface area contributed by atoms with Crippen molar-refractivity contribution in [3.05, 3.63) is 16.4 Å². The van der Waals surface area contributed by atoms with Crippen LogP contribution in [0, 0.1) is 0 Å². The van der Waals surface area contributed by atoms with E-state index in [4.69, 9.17) is 0 Å². The van der Waals surface area contributed by atoms with E-state index in [-0.39, 0.29) is 12.1 Å². The summed E-state index contributed by atoms with van der Waals surface area (Å²) in [5.74, 6) is 0. The van der Waals surface area contributed by atoms with Crippen LogP contribution in [0.2, 0.25) is 0 Å². The van der Waals surface area contributed by atoms with Gasteiger partial charge in [-0.05, 0) is 49.2 Å². The molecular weight excluding hydrogens is 273 g/mol. The highest BCUT2D eigenvalue weighted by Crippen LogP contribution is 2.33. The average Bonchev–Trinajstić information content (AvgIpc) is 2.84. The van der Waals surface area contributed by atoms with Gasteiger partial charge in [0.2, 0.25) is 0 Å². The lowest BCUT2D eigenvalue weighted by Gasteiger charge is -2.19. The van der Waals surface area contributed by atoms with Crippen molar-refractivity contribution in [1.29, 1.82) is 0 Å². The van der Waals surface area contributed by atoms with E-state index in [1.54, 1.807) is 10.9 Å². The highest BCUT2D eigenvalue weighted by molar-refractivity contribution is 9.10. The van der Waals surface area contributed by atoms with Crippen molar-refractivity contribution in [2.45, 2.75) is 44.9 Å². The SMILES string of the molecule is CC(C)n1ncc(Br)c1C(F)C1CCCN1. The van der Waals surface area contributed by atoms with Gasteiger partial charge in [0.05, 0.1) is 16.4 Å². The highest BCUT2D eigenvalue weighted by Gasteiger charge is 2.30. The standard InChI is InChI=1S/C11H17BrFN3/c1-7(2)16-11(8(12)6-15-16)10(13)9-4-3-5-14-9/h6-7,9-10,14H,3-5H2,1-2H3. The molecule has 90 valence electrons. The second-order valence-electron chi connectivity index (χ2n) is 4.52. The van der Waals surface area contributed by atoms with Crippen molar-refractivity contribution in [2.24, 2.45) is 0 Å². The Morgan fingerprint density at radius 3 is 2.94 bits per heavy atom. The van der Waals surface area contributed by atoms with Gasteiger partial charge < -0.3 is 5.32 Å². The largest absolute Gasteiger partial charge is 0.311 e. The van der Waals surface area contributed by atoms with Gasteiger partial charge in [0, 0.05) is 12.1 Å². The summed E-state index contributed by atoms with van der Waals surface area (Å²) < 4.78 is 16.9. The molecule has 2 rings (SSSR count). The number of aromatic nitrogens is 2. The minimum Gasteiger partial charge on any atom is -0.311 e. The van der Waals surface area contributed by atoms with Crippen LogP contribution >= 0.6 is 15.9 Å². The van der Waals surface area contributed by atoms with E-state index in [0.29, 0.717) is 5.69 Å². The van der Waals surface area contributed by atoms with Crippen molar-refractivity contribution in [3.63, 3.8) is 0 Å². The molecule has 1 aliphatic rings. The monoisotopic (exact) mass is 289 g/mol. The second kappa shape index (κ2) is 4.84. The molecule has 1 N–H and O–H groups in total. The number of nitrogens with zero attached hydrogens (tertiary/aromatic N) is 2. The Bertz CT molecular complexity index is 358. The lowest BCUT2D eigenvalue weighted by atomic mass is 10.1. The highest BCUT2D eigenvalue weighted by atomic mass is 79.9. The molecule has 1 aliphatic heterocycles. The molecule has 1 aromatic heterocycles. The summed E-state index contributed by atoms with van der Waals surface area (Å²) in [5.41, 5.74) is 0.661. The molecule has 1 aromatic rings. The quantitative estimate of drug-likeness (QED) is 0.927. The van der Waals surface area contributed by atoms with Gasteiger partial charge in [-0.15, -0.1) is 0 Å². The number of halogens is 2. The first-order chi connectivity index (χ1) is 7.61. The maximum Gasteiger partial charge on any atom is 0.158 e. The first-order valence-corrected chi connectivity index (χ1v) is 6.51. The Balaban J connectivity index is 2.27. The third-order valence-corrected chi connectivity index (χ3v) is 3.60. The Morgan fingerprint density at radius 2 is 2.38 bits per heavy atom. The normalized spacial score (nSPS) is 22.9. The molecule has 0 aliphatic carbocycles. The van der Waals surface area contributed by atoms with Crippen molar-refractivity contribution >= 4 is 15.9 Å². The van der Waals surface area contributed by atoms with Crippen LogP contribution in [0.3, 0.4) is 0 Å². The summed E-state index contributed by atoms with van der Waals surface area (Å²) in [6.07, 6.45) is 2.65. The third-order valence-electron chi connectivity index (χ3n) is 2.99. The fourth-order valence-corrected chi connectivity index (χ4v) is 2.66. The number of nitrogens with one attached hydrogen (secondary N) is 1. The molecule has 2 unspecified atom stereocenters. The van der Waals surface area contributed by atoms with Gasteiger partial charge in [0.25, 0.3) is 0 Å². The first-order valence-electron chi connectivity index (χ1n) is 5.71. The summed E-state index contributed by atoms with van der Waals surface area (Å²) in [7, 11) is 0. The molecule has 16 heavy (non-hydrogen) atoms. The van der Waals surface area contributed by atoms with Crippen LogP contribution in [0.5, 0.6) is 0 Å². The zero-order valence-corrected chi connectivity index (χ0v) is 11.2. The van der Waals surface area contributed by atoms with E-state index in [1.165, 1.54) is 0 Å². The molecule has 0 amide bonds. The van der Waals surface area contributed by atoms with Gasteiger partial charge in [0.15, 0.2) is 6.17 Å². The fraction of sp³-hybridized carbons (Fsp3) is 0.727. The summed E-state index contributed by atoms with van der Waals surface area (Å²) in [6.45, 7) is 4.94. The smallest absolute Gasteiger partial charge is 0.158 e. The van der Waals surface area contributed by atoms with E-state index in [0.717, 1.165) is 23.9 Å². The Morgan fingerprint density at radius 1 is 1.62 bits per heavy atom. The molecule has 5 heteroatoms. The van der Waals surface area contributed by atoms with E-state index in [9.17, 15) is 4.39 Å². The van der Waals surface area contributed by atoms with E-state index in [2.05, 4.69) is 26.3 Å². The van der Waals surface area contributed by atoms with Crippen LogP contribution in [-0.2, 0) is 0 Å². The second-order valence-corrected chi connectivity index (χ2v) is 5.38. The number of alkyl halides is 1. The molecule has 0 aromatic carbocycles. The Hall–Kier alpha value is -0.420. The lowest BCUT2D eigenvalue weighted by Crippen LogP contribution is -2.28. The van der Waals surface area contributed by atoms with Gasteiger partial charge in [0.1, 0.15) is 0 Å². The van der Waals surface area contributed by atoms with Gasteiger partial charge in [-0.25, -0.2) is 4.39 Å². The van der Waals surface area contributed by atoms with Crippen molar-refractivity contribution < 1.29 is 4.39 Å². The molecule has 3 nitrogen and oxygen atoms in total. The first kappa shape index (κ1) is 12.0. The Kier molecular flexibility index (Phi) is 3.64. The van der Waals surface area contributed by atoms with Crippen molar-refractivity contribution in [2.75, 3.05) is 6.54 Å². The van der Waals surface area contributed by atoms with Crippen LogP contribution in [0.1, 0.15) is 44.6 Å². The molecule has 0 saturated carbocycles. The molecule has 0 radical (unpaired) electrons. The van der Waals surface area contributed by atoms with Crippen LogP contribution in [0.15, 0.2) is 10.7 Å². The predicted octanol–water partition coefficient (Wildman–Crippen LogP) is 2.99. The predicted molar refractivity (Wildman–Crippen MR) is 65.2 cm³/mol. The molecule has 1 fully saturated rings. The minimum atomic E-state index is -0.984. The molecule has 2 heterocycles. The molecular formula is C11H17BrFN3. The molecule has 2 atom stereocenters. The maximum absolute atomic E-state index is 14.4. The number of hydrogen-bond donors (Lipinski definition) is 1. The topological polar surface area (TPSA) is 29.9 Å². The number of hydrogen-bond acceptors (Lipinski definition) is 2. The minimum absolute atomic E-state index is 0.0644. The van der Waals surface area contributed by atoms with Crippen LogP contribution < -0.4 is 5.32 Å². The van der Waals surface area contributed by atoms with Crippen molar-refractivity contribution in [1.82, 2.24) is 15.1 Å². The molecule has 1 saturated heterocycles. The van der Waals surface area contributed by atoms with Gasteiger partial charge >= 0.3 is 0 Å². The van der Waals surface area contributed by atoms with E-state index < -0.39 is 6.17 Å². The lowest BCUT2D eigenvalue weighted by molar-refractivity contribution is 0.249. The zero-order valence-electron chi connectivity index (χ0n) is 9.58. The third kappa shape index (κ3) is 2.15. The molecule has 0 bridgehead atoms. The summed E-state index contributed by atoms with van der Waals surface area (Å²) in [5, 5.41) is 7.41.